The second-order valence-corrected chi connectivity index (χ2v) is 15.3. The van der Waals surface area contributed by atoms with Gasteiger partial charge >= 0.3 is 0 Å². The molecule has 2 saturated carbocycles. The maximum Gasteiger partial charge on any atom is 0.120 e. The maximum atomic E-state index is 11.5. The standard InChI is InChI=1S/C27H46N2O2S/c1-18-17-32(19(2)26-25(31-32)6-5-12-29-26)15-10-21-22-8-7-20(9-14-30)27(3,11-13-28-4)24(22)16-23(18)21/h14,19-22,24-26,28-29H,5-13,15-17H2,1-4H3/t19?,20-,21?,22?,24?,25?,26?,27?/m0/s1. The van der Waals surface area contributed by atoms with Crippen molar-refractivity contribution in [3.8, 4) is 0 Å². The van der Waals surface area contributed by atoms with Crippen LogP contribution in [0, 0.1) is 29.1 Å². The largest absolute Gasteiger partial charge is 0.331 e. The van der Waals surface area contributed by atoms with Crippen LogP contribution in [-0.2, 0) is 8.98 Å². The number of aldehydes is 1. The first kappa shape index (κ1) is 23.4. The number of hydrogen-bond donors (Lipinski definition) is 2. The molecule has 5 aliphatic rings. The Kier molecular flexibility index (Phi) is 6.59. The lowest BCUT2D eigenvalue weighted by Gasteiger charge is -2.50. The van der Waals surface area contributed by atoms with E-state index in [2.05, 4.69) is 38.5 Å². The highest BCUT2D eigenvalue weighted by Gasteiger charge is 2.56. The molecule has 9 atom stereocenters. The lowest BCUT2D eigenvalue weighted by molar-refractivity contribution is -0.111. The minimum atomic E-state index is -1.03. The molecule has 32 heavy (non-hydrogen) atoms. The van der Waals surface area contributed by atoms with Crippen LogP contribution in [0.25, 0.3) is 0 Å². The Morgan fingerprint density at radius 1 is 1.28 bits per heavy atom. The number of rotatable bonds is 5. The molecule has 1 spiro atoms. The Hall–Kier alpha value is -0.360. The highest BCUT2D eigenvalue weighted by molar-refractivity contribution is 8.30. The van der Waals surface area contributed by atoms with Gasteiger partial charge in [0.15, 0.2) is 0 Å². The smallest absolute Gasteiger partial charge is 0.120 e. The first-order valence-corrected chi connectivity index (χ1v) is 15.4. The number of allylic oxidation sites excluding steroid dienone is 1. The molecule has 3 heterocycles. The molecule has 0 aromatic carbocycles. The molecule has 182 valence electrons. The molecule has 0 aromatic rings. The molecule has 4 nitrogen and oxygen atoms in total. The Bertz CT molecular complexity index is 756. The quantitative estimate of drug-likeness (QED) is 0.454. The molecule has 2 saturated heterocycles. The molecule has 4 fully saturated rings. The summed E-state index contributed by atoms with van der Waals surface area (Å²) in [6.07, 6.45) is 11.3. The molecule has 2 aliphatic carbocycles. The van der Waals surface area contributed by atoms with Crippen molar-refractivity contribution in [3.63, 3.8) is 0 Å². The Morgan fingerprint density at radius 2 is 2.12 bits per heavy atom. The van der Waals surface area contributed by atoms with Crippen molar-refractivity contribution in [1.29, 1.82) is 0 Å². The third-order valence-electron chi connectivity index (χ3n) is 10.6. The fourth-order valence-electron chi connectivity index (χ4n) is 8.71. The van der Waals surface area contributed by atoms with Crippen LogP contribution < -0.4 is 10.6 Å². The van der Waals surface area contributed by atoms with E-state index in [1.807, 2.05) is 5.57 Å². The van der Waals surface area contributed by atoms with Crippen molar-refractivity contribution >= 4 is 16.6 Å². The summed E-state index contributed by atoms with van der Waals surface area (Å²) < 4.78 is 7.04. The summed E-state index contributed by atoms with van der Waals surface area (Å²) in [6, 6.07) is 0.589. The minimum Gasteiger partial charge on any atom is -0.331 e. The van der Waals surface area contributed by atoms with Gasteiger partial charge in [-0.15, -0.1) is 10.3 Å². The Morgan fingerprint density at radius 3 is 2.88 bits per heavy atom. The van der Waals surface area contributed by atoms with Gasteiger partial charge in [-0.3, -0.25) is 0 Å². The van der Waals surface area contributed by atoms with Gasteiger partial charge in [0.1, 0.15) is 6.29 Å². The average molecular weight is 463 g/mol. The number of fused-ring (bicyclic) bond motifs is 4. The second-order valence-electron chi connectivity index (χ2n) is 11.9. The zero-order valence-electron chi connectivity index (χ0n) is 20.8. The summed E-state index contributed by atoms with van der Waals surface area (Å²) in [5, 5.41) is 7.92. The van der Waals surface area contributed by atoms with Crippen LogP contribution in [0.3, 0.4) is 0 Å². The van der Waals surface area contributed by atoms with E-state index in [9.17, 15) is 4.79 Å². The topological polar surface area (TPSA) is 50.4 Å². The molecule has 5 heteroatoms. The molecule has 0 aromatic heterocycles. The molecule has 8 unspecified atom stereocenters. The molecule has 2 N–H and O–H groups in total. The first-order valence-electron chi connectivity index (χ1n) is 13.4. The van der Waals surface area contributed by atoms with Crippen molar-refractivity contribution in [1.82, 2.24) is 10.6 Å². The van der Waals surface area contributed by atoms with Crippen LogP contribution in [-0.4, -0.2) is 55.3 Å². The van der Waals surface area contributed by atoms with E-state index in [0.29, 0.717) is 23.3 Å². The summed E-state index contributed by atoms with van der Waals surface area (Å²) in [5.41, 5.74) is 3.78. The van der Waals surface area contributed by atoms with Crippen molar-refractivity contribution in [2.24, 2.45) is 29.1 Å². The number of hydrogen-bond acceptors (Lipinski definition) is 4. The van der Waals surface area contributed by atoms with Gasteiger partial charge in [0.2, 0.25) is 0 Å². The van der Waals surface area contributed by atoms with Crippen molar-refractivity contribution in [3.05, 3.63) is 11.1 Å². The Balaban J connectivity index is 1.42. The normalized spacial score (nSPS) is 50.3. The van der Waals surface area contributed by atoms with Gasteiger partial charge in [-0.2, -0.15) is 0 Å². The van der Waals surface area contributed by atoms with Crippen LogP contribution in [0.15, 0.2) is 11.1 Å². The summed E-state index contributed by atoms with van der Waals surface area (Å²) in [5.74, 6) is 5.42. The lowest BCUT2D eigenvalue weighted by atomic mass is 9.55. The summed E-state index contributed by atoms with van der Waals surface area (Å²) in [6.45, 7) is 9.72. The van der Waals surface area contributed by atoms with Crippen LogP contribution in [0.1, 0.15) is 72.1 Å². The van der Waals surface area contributed by atoms with Crippen LogP contribution in [0.2, 0.25) is 0 Å². The van der Waals surface area contributed by atoms with Gasteiger partial charge in [-0.1, -0.05) is 25.0 Å². The summed E-state index contributed by atoms with van der Waals surface area (Å²) >= 11 is 0. The van der Waals surface area contributed by atoms with Crippen molar-refractivity contribution in [2.75, 3.05) is 31.6 Å². The van der Waals surface area contributed by atoms with Gasteiger partial charge in [0, 0.05) is 29.2 Å². The number of piperidine rings is 1. The monoisotopic (exact) mass is 462 g/mol. The number of carbonyl (C=O) groups is 1. The summed E-state index contributed by atoms with van der Waals surface area (Å²) in [4.78, 5) is 11.5. The van der Waals surface area contributed by atoms with E-state index in [1.54, 1.807) is 5.57 Å². The molecule has 0 radical (unpaired) electrons. The lowest BCUT2D eigenvalue weighted by Crippen LogP contribution is -2.46. The fraction of sp³-hybridized carbons (Fsp3) is 0.889. The van der Waals surface area contributed by atoms with E-state index < -0.39 is 10.3 Å². The molecule has 5 rings (SSSR count). The minimum absolute atomic E-state index is 0.285. The summed E-state index contributed by atoms with van der Waals surface area (Å²) in [7, 11) is 1.04. The molecular formula is C27H46N2O2S. The highest BCUT2D eigenvalue weighted by Crippen LogP contribution is 2.68. The predicted molar refractivity (Wildman–Crippen MR) is 135 cm³/mol. The van der Waals surface area contributed by atoms with Gasteiger partial charge < -0.3 is 19.6 Å². The predicted octanol–water partition coefficient (Wildman–Crippen LogP) is 4.83. The zero-order chi connectivity index (χ0) is 22.5. The van der Waals surface area contributed by atoms with Gasteiger partial charge in [0.25, 0.3) is 0 Å². The van der Waals surface area contributed by atoms with Crippen LogP contribution >= 0.6 is 10.3 Å². The number of nitrogens with one attached hydrogen (secondary N) is 2. The average Bonchev–Trinajstić information content (AvgIpc) is 3.25. The van der Waals surface area contributed by atoms with E-state index >= 15 is 0 Å². The Labute approximate surface area is 197 Å². The van der Waals surface area contributed by atoms with E-state index in [-0.39, 0.29) is 5.41 Å². The molecule has 0 bridgehead atoms. The van der Waals surface area contributed by atoms with Crippen LogP contribution in [0.5, 0.6) is 0 Å². The van der Waals surface area contributed by atoms with Gasteiger partial charge in [-0.05, 0) is 101 Å². The van der Waals surface area contributed by atoms with Gasteiger partial charge in [-0.25, -0.2) is 0 Å². The second kappa shape index (κ2) is 9.02. The van der Waals surface area contributed by atoms with E-state index in [1.165, 1.54) is 69.3 Å². The molecule has 0 amide bonds. The zero-order valence-corrected chi connectivity index (χ0v) is 21.6. The number of carbonyl (C=O) groups excluding carboxylic acids is 1. The SMILES string of the molecule is CNCCC1(C)C2CC3=C(C)CS4(CCC3C2CC[C@H]1CC=O)OC1CCCNC1C4C. The van der Waals surface area contributed by atoms with Crippen molar-refractivity contribution in [2.45, 2.75) is 89.5 Å². The fourth-order valence-corrected chi connectivity index (χ4v) is 12.9. The van der Waals surface area contributed by atoms with Crippen LogP contribution in [0.4, 0.5) is 0 Å². The van der Waals surface area contributed by atoms with E-state index in [0.717, 1.165) is 30.7 Å². The van der Waals surface area contributed by atoms with E-state index in [4.69, 9.17) is 4.18 Å². The third-order valence-corrected chi connectivity index (χ3v) is 14.7. The first-order chi connectivity index (χ1) is 15.4. The van der Waals surface area contributed by atoms with Crippen molar-refractivity contribution < 1.29 is 8.98 Å². The maximum absolute atomic E-state index is 11.5. The molecular weight excluding hydrogens is 416 g/mol. The third kappa shape index (κ3) is 3.65. The molecule has 3 aliphatic heterocycles. The highest BCUT2D eigenvalue weighted by atomic mass is 32.3. The van der Waals surface area contributed by atoms with Gasteiger partial charge in [0.05, 0.1) is 6.10 Å².